The summed E-state index contributed by atoms with van der Waals surface area (Å²) in [4.78, 5) is 19.1. The second kappa shape index (κ2) is 4.79. The molecule has 2 aromatic rings. The first-order valence-electron chi connectivity index (χ1n) is 5.66. The van der Waals surface area contributed by atoms with Gasteiger partial charge in [0.05, 0.1) is 23.1 Å². The van der Waals surface area contributed by atoms with Crippen LogP contribution in [0.4, 0.5) is 0 Å². The van der Waals surface area contributed by atoms with Crippen LogP contribution in [-0.2, 0) is 11.2 Å². The Morgan fingerprint density at radius 3 is 3.00 bits per heavy atom. The maximum absolute atomic E-state index is 11.8. The van der Waals surface area contributed by atoms with Crippen molar-refractivity contribution in [2.45, 2.75) is 12.5 Å². The lowest BCUT2D eigenvalue weighted by atomic mass is 10.1. The molecule has 1 saturated heterocycles. The van der Waals surface area contributed by atoms with Crippen molar-refractivity contribution in [3.8, 4) is 9.88 Å². The van der Waals surface area contributed by atoms with Crippen LogP contribution in [0.25, 0.3) is 9.88 Å². The lowest BCUT2D eigenvalue weighted by Crippen LogP contribution is -2.53. The summed E-state index contributed by atoms with van der Waals surface area (Å²) in [6, 6.07) is 4.02. The number of aliphatic hydroxyl groups is 1. The maximum atomic E-state index is 11.8. The van der Waals surface area contributed by atoms with Crippen molar-refractivity contribution < 1.29 is 9.90 Å². The van der Waals surface area contributed by atoms with Gasteiger partial charge in [-0.25, -0.2) is 4.98 Å². The van der Waals surface area contributed by atoms with E-state index in [0.29, 0.717) is 19.5 Å². The van der Waals surface area contributed by atoms with Crippen LogP contribution in [-0.4, -0.2) is 40.1 Å². The topological polar surface area (TPSA) is 53.4 Å². The molecular weight excluding hydrogens is 268 g/mol. The number of thiazole rings is 1. The standard InChI is InChI=1S/C12H12N2O2S2/c15-9-5-14(6-9)11(16)4-8-7-18-12(13-8)10-2-1-3-17-10/h1-3,7,9,15H,4-6H2. The van der Waals surface area contributed by atoms with Crippen molar-refractivity contribution >= 4 is 28.6 Å². The molecule has 1 aliphatic rings. The number of hydrogen-bond acceptors (Lipinski definition) is 5. The second-order valence-electron chi connectivity index (χ2n) is 4.25. The minimum atomic E-state index is -0.342. The third-order valence-corrected chi connectivity index (χ3v) is 4.76. The summed E-state index contributed by atoms with van der Waals surface area (Å²) in [5.41, 5.74) is 0.815. The molecule has 1 fully saturated rings. The largest absolute Gasteiger partial charge is 0.389 e. The van der Waals surface area contributed by atoms with Crippen molar-refractivity contribution in [2.24, 2.45) is 0 Å². The molecule has 1 amide bonds. The Hall–Kier alpha value is -1.24. The van der Waals surface area contributed by atoms with Gasteiger partial charge in [-0.15, -0.1) is 22.7 Å². The molecule has 0 saturated carbocycles. The van der Waals surface area contributed by atoms with Crippen LogP contribution in [0.3, 0.4) is 0 Å². The Bertz CT molecular complexity index is 544. The normalized spacial score (nSPS) is 15.7. The summed E-state index contributed by atoms with van der Waals surface area (Å²) >= 11 is 3.22. The van der Waals surface area contributed by atoms with Gasteiger partial charge in [0.25, 0.3) is 0 Å². The molecule has 0 aromatic carbocycles. The van der Waals surface area contributed by atoms with E-state index in [9.17, 15) is 4.79 Å². The van der Waals surface area contributed by atoms with E-state index in [-0.39, 0.29) is 12.0 Å². The SMILES string of the molecule is O=C(Cc1csc(-c2cccs2)n1)N1CC(O)C1. The molecule has 6 heteroatoms. The molecule has 1 N–H and O–H groups in total. The van der Waals surface area contributed by atoms with E-state index in [1.54, 1.807) is 27.6 Å². The first-order chi connectivity index (χ1) is 8.72. The predicted octanol–water partition coefficient (Wildman–Crippen LogP) is 1.62. The van der Waals surface area contributed by atoms with Gasteiger partial charge in [-0.3, -0.25) is 4.79 Å². The molecule has 3 heterocycles. The van der Waals surface area contributed by atoms with E-state index in [4.69, 9.17) is 5.11 Å². The van der Waals surface area contributed by atoms with E-state index in [2.05, 4.69) is 4.98 Å². The summed E-state index contributed by atoms with van der Waals surface area (Å²) in [7, 11) is 0. The summed E-state index contributed by atoms with van der Waals surface area (Å²) < 4.78 is 0. The maximum Gasteiger partial charge on any atom is 0.228 e. The first-order valence-corrected chi connectivity index (χ1v) is 7.42. The lowest BCUT2D eigenvalue weighted by Gasteiger charge is -2.35. The lowest BCUT2D eigenvalue weighted by molar-refractivity contribution is -0.140. The number of β-amino-alcohol motifs (C(OH)–C–C–N with tert-alkyl or cyclic N) is 1. The van der Waals surface area contributed by atoms with Crippen molar-refractivity contribution in [1.82, 2.24) is 9.88 Å². The van der Waals surface area contributed by atoms with Gasteiger partial charge in [-0.1, -0.05) is 6.07 Å². The third kappa shape index (κ3) is 2.31. The van der Waals surface area contributed by atoms with Crippen LogP contribution in [0.5, 0.6) is 0 Å². The summed E-state index contributed by atoms with van der Waals surface area (Å²) in [6.07, 6.45) is -0.0136. The van der Waals surface area contributed by atoms with E-state index < -0.39 is 0 Å². The molecule has 1 aliphatic heterocycles. The summed E-state index contributed by atoms with van der Waals surface area (Å²) in [5.74, 6) is 0.0447. The number of aliphatic hydroxyl groups excluding tert-OH is 1. The van der Waals surface area contributed by atoms with Gasteiger partial charge in [0.1, 0.15) is 5.01 Å². The van der Waals surface area contributed by atoms with Crippen LogP contribution in [0.1, 0.15) is 5.69 Å². The minimum Gasteiger partial charge on any atom is -0.389 e. The number of likely N-dealkylation sites (tertiary alicyclic amines) is 1. The van der Waals surface area contributed by atoms with Crippen molar-refractivity contribution in [1.29, 1.82) is 0 Å². The zero-order valence-corrected chi connectivity index (χ0v) is 11.2. The average Bonchev–Trinajstić information content (AvgIpc) is 2.93. The Balaban J connectivity index is 1.65. The number of carbonyl (C=O) groups is 1. The van der Waals surface area contributed by atoms with Gasteiger partial charge in [0, 0.05) is 18.5 Å². The summed E-state index contributed by atoms with van der Waals surface area (Å²) in [5, 5.41) is 14.1. The quantitative estimate of drug-likeness (QED) is 0.929. The molecule has 0 spiro atoms. The second-order valence-corrected chi connectivity index (χ2v) is 6.06. The minimum absolute atomic E-state index is 0.0447. The Kier molecular flexibility index (Phi) is 3.15. The molecule has 3 rings (SSSR count). The fourth-order valence-electron chi connectivity index (χ4n) is 1.83. The van der Waals surface area contributed by atoms with Gasteiger partial charge in [0.15, 0.2) is 0 Å². The molecule has 4 nitrogen and oxygen atoms in total. The van der Waals surface area contributed by atoms with Crippen LogP contribution in [0.2, 0.25) is 0 Å². The first kappa shape index (κ1) is 11.8. The Morgan fingerprint density at radius 1 is 1.50 bits per heavy atom. The molecule has 0 aliphatic carbocycles. The molecule has 2 aromatic heterocycles. The molecule has 0 radical (unpaired) electrons. The number of nitrogens with zero attached hydrogens (tertiary/aromatic N) is 2. The van der Waals surface area contributed by atoms with Crippen molar-refractivity contribution in [3.05, 3.63) is 28.6 Å². The number of carbonyl (C=O) groups excluding carboxylic acids is 1. The highest BCUT2D eigenvalue weighted by atomic mass is 32.1. The monoisotopic (exact) mass is 280 g/mol. The highest BCUT2D eigenvalue weighted by Gasteiger charge is 2.28. The molecule has 0 unspecified atom stereocenters. The molecule has 0 atom stereocenters. The van der Waals surface area contributed by atoms with Crippen molar-refractivity contribution in [3.63, 3.8) is 0 Å². The van der Waals surface area contributed by atoms with Crippen LogP contribution in [0, 0.1) is 0 Å². The van der Waals surface area contributed by atoms with Crippen LogP contribution >= 0.6 is 22.7 Å². The highest BCUT2D eigenvalue weighted by Crippen LogP contribution is 2.28. The summed E-state index contributed by atoms with van der Waals surface area (Å²) in [6.45, 7) is 0.918. The van der Waals surface area contributed by atoms with E-state index in [1.807, 2.05) is 22.9 Å². The molecule has 18 heavy (non-hydrogen) atoms. The highest BCUT2D eigenvalue weighted by molar-refractivity contribution is 7.20. The number of hydrogen-bond donors (Lipinski definition) is 1. The zero-order chi connectivity index (χ0) is 12.5. The fraction of sp³-hybridized carbons (Fsp3) is 0.333. The van der Waals surface area contributed by atoms with Gasteiger partial charge < -0.3 is 10.0 Å². The molecular formula is C12H12N2O2S2. The Morgan fingerprint density at radius 2 is 2.33 bits per heavy atom. The number of thiophene rings is 1. The average molecular weight is 280 g/mol. The van der Waals surface area contributed by atoms with Crippen LogP contribution < -0.4 is 0 Å². The van der Waals surface area contributed by atoms with E-state index >= 15 is 0 Å². The van der Waals surface area contributed by atoms with Crippen molar-refractivity contribution in [2.75, 3.05) is 13.1 Å². The van der Waals surface area contributed by atoms with E-state index in [1.165, 1.54) is 0 Å². The number of rotatable bonds is 3. The predicted molar refractivity (Wildman–Crippen MR) is 71.7 cm³/mol. The van der Waals surface area contributed by atoms with E-state index in [0.717, 1.165) is 15.6 Å². The number of amides is 1. The van der Waals surface area contributed by atoms with Gasteiger partial charge in [0.2, 0.25) is 5.91 Å². The van der Waals surface area contributed by atoms with Gasteiger partial charge >= 0.3 is 0 Å². The zero-order valence-electron chi connectivity index (χ0n) is 9.57. The third-order valence-electron chi connectivity index (χ3n) is 2.83. The smallest absolute Gasteiger partial charge is 0.228 e. The number of aromatic nitrogens is 1. The van der Waals surface area contributed by atoms with Crippen LogP contribution in [0.15, 0.2) is 22.9 Å². The molecule has 94 valence electrons. The van der Waals surface area contributed by atoms with Gasteiger partial charge in [-0.2, -0.15) is 0 Å². The fourth-order valence-corrected chi connectivity index (χ4v) is 3.46. The molecule has 0 bridgehead atoms. The van der Waals surface area contributed by atoms with Gasteiger partial charge in [-0.05, 0) is 11.4 Å². The Labute approximate surface area is 113 Å².